The van der Waals surface area contributed by atoms with Gasteiger partial charge in [-0.25, -0.2) is 4.79 Å². The van der Waals surface area contributed by atoms with E-state index in [4.69, 9.17) is 14.6 Å². The summed E-state index contributed by atoms with van der Waals surface area (Å²) in [5.74, 6) is 0.800. The zero-order valence-corrected chi connectivity index (χ0v) is 19.1. The number of carboxylic acid groups (broad SMARTS) is 1. The van der Waals surface area contributed by atoms with Gasteiger partial charge in [0.25, 0.3) is 0 Å². The molecule has 2 atom stereocenters. The van der Waals surface area contributed by atoms with Gasteiger partial charge in [0.2, 0.25) is 0 Å². The highest BCUT2D eigenvalue weighted by atomic mass is 16.5. The van der Waals surface area contributed by atoms with Crippen molar-refractivity contribution in [2.24, 2.45) is 0 Å². The second-order valence-corrected chi connectivity index (χ2v) is 7.67. The molecule has 0 spiro atoms. The highest BCUT2D eigenvalue weighted by Gasteiger charge is 2.35. The maximum atomic E-state index is 11.1. The molecule has 168 valence electrons. The Hall–Kier alpha value is -2.79. The molecular formula is C26H35NO4. The van der Waals surface area contributed by atoms with Crippen LogP contribution in [0.3, 0.4) is 0 Å². The summed E-state index contributed by atoms with van der Waals surface area (Å²) >= 11 is 0. The van der Waals surface area contributed by atoms with Gasteiger partial charge in [-0.05, 0) is 63.3 Å². The van der Waals surface area contributed by atoms with E-state index in [2.05, 4.69) is 57.2 Å². The van der Waals surface area contributed by atoms with Crippen LogP contribution in [0.2, 0.25) is 0 Å². The minimum atomic E-state index is -0.950. The highest BCUT2D eigenvalue weighted by molar-refractivity contribution is 5.65. The number of rotatable bonds is 6. The quantitative estimate of drug-likeness (QED) is 0.518. The Bertz CT molecular complexity index is 820. The van der Waals surface area contributed by atoms with Crippen molar-refractivity contribution in [3.8, 4) is 5.75 Å². The van der Waals surface area contributed by atoms with Crippen LogP contribution in [0.25, 0.3) is 0 Å². The molecule has 1 aliphatic heterocycles. The van der Waals surface area contributed by atoms with Gasteiger partial charge in [-0.15, -0.1) is 0 Å². The van der Waals surface area contributed by atoms with Crippen molar-refractivity contribution in [2.75, 3.05) is 13.3 Å². The molecule has 2 aliphatic rings. The standard InChI is InChI=1S/C18H21NO4.C8H14/c1-13-17(23-12-19(13)18(20)21)15-7-9-16(10-8-15)22-11-14-5-3-2-4-6-14;1-4-6-7-8(3)5-2/h3,5-10,13,17H,2,4,11-12H2,1H3,(H,20,21);5-7H,4H2,1-3H3/b;7-6-,8-5-. The van der Waals surface area contributed by atoms with Crippen LogP contribution in [0.4, 0.5) is 4.79 Å². The van der Waals surface area contributed by atoms with Gasteiger partial charge in [-0.3, -0.25) is 4.90 Å². The predicted octanol–water partition coefficient (Wildman–Crippen LogP) is 6.66. The molecule has 1 amide bonds. The first-order valence-electron chi connectivity index (χ1n) is 10.9. The molecule has 1 aliphatic carbocycles. The lowest BCUT2D eigenvalue weighted by Crippen LogP contribution is -2.34. The molecule has 1 fully saturated rings. The smallest absolute Gasteiger partial charge is 0.409 e. The van der Waals surface area contributed by atoms with E-state index in [1.165, 1.54) is 16.0 Å². The molecule has 5 heteroatoms. The van der Waals surface area contributed by atoms with Gasteiger partial charge < -0.3 is 14.6 Å². The molecule has 1 aromatic carbocycles. The first kappa shape index (κ1) is 24.5. The van der Waals surface area contributed by atoms with Crippen molar-refractivity contribution in [1.82, 2.24) is 4.90 Å². The first-order chi connectivity index (χ1) is 15.0. The summed E-state index contributed by atoms with van der Waals surface area (Å²) in [6, 6.07) is 7.49. The molecular weight excluding hydrogens is 390 g/mol. The summed E-state index contributed by atoms with van der Waals surface area (Å²) in [4.78, 5) is 12.4. The van der Waals surface area contributed by atoms with Crippen molar-refractivity contribution < 1.29 is 19.4 Å². The van der Waals surface area contributed by atoms with Gasteiger partial charge in [0.15, 0.2) is 0 Å². The first-order valence-corrected chi connectivity index (χ1v) is 10.9. The van der Waals surface area contributed by atoms with E-state index in [-0.39, 0.29) is 18.9 Å². The van der Waals surface area contributed by atoms with Crippen LogP contribution in [-0.4, -0.2) is 35.5 Å². The summed E-state index contributed by atoms with van der Waals surface area (Å²) in [5, 5.41) is 9.10. The van der Waals surface area contributed by atoms with Gasteiger partial charge in [0, 0.05) is 0 Å². The molecule has 0 aromatic heterocycles. The third kappa shape index (κ3) is 7.76. The minimum Gasteiger partial charge on any atom is -0.489 e. The number of hydrogen-bond donors (Lipinski definition) is 1. The minimum absolute atomic E-state index is 0.111. The molecule has 0 bridgehead atoms. The average molecular weight is 426 g/mol. The molecule has 1 heterocycles. The lowest BCUT2D eigenvalue weighted by molar-refractivity contribution is 0.0850. The maximum Gasteiger partial charge on any atom is 0.409 e. The number of hydrogen-bond acceptors (Lipinski definition) is 3. The Labute approximate surface area is 186 Å². The molecule has 2 unspecified atom stereocenters. The largest absolute Gasteiger partial charge is 0.489 e. The van der Waals surface area contributed by atoms with E-state index < -0.39 is 6.09 Å². The summed E-state index contributed by atoms with van der Waals surface area (Å²) in [5.41, 5.74) is 3.50. The fourth-order valence-electron chi connectivity index (χ4n) is 3.28. The van der Waals surface area contributed by atoms with Crippen molar-refractivity contribution >= 4 is 6.09 Å². The van der Waals surface area contributed by atoms with Crippen molar-refractivity contribution in [1.29, 1.82) is 0 Å². The van der Waals surface area contributed by atoms with Crippen LogP contribution in [0.15, 0.2) is 71.9 Å². The summed E-state index contributed by atoms with van der Waals surface area (Å²) < 4.78 is 11.4. The normalized spacial score (nSPS) is 21.0. The van der Waals surface area contributed by atoms with Crippen molar-refractivity contribution in [3.63, 3.8) is 0 Å². The average Bonchev–Trinajstić information content (AvgIpc) is 3.19. The number of benzene rings is 1. The molecule has 31 heavy (non-hydrogen) atoms. The second kappa shape index (κ2) is 12.8. The molecule has 0 saturated carbocycles. The predicted molar refractivity (Wildman–Crippen MR) is 125 cm³/mol. The molecule has 3 rings (SSSR count). The molecule has 0 radical (unpaired) electrons. The molecule has 1 aromatic rings. The zero-order valence-electron chi connectivity index (χ0n) is 19.1. The van der Waals surface area contributed by atoms with E-state index in [0.717, 1.165) is 30.6 Å². The van der Waals surface area contributed by atoms with E-state index in [1.807, 2.05) is 31.2 Å². The van der Waals surface area contributed by atoms with Crippen LogP contribution in [0, 0.1) is 0 Å². The maximum absolute atomic E-state index is 11.1. The van der Waals surface area contributed by atoms with Crippen LogP contribution >= 0.6 is 0 Å². The zero-order chi connectivity index (χ0) is 22.6. The number of amides is 1. The number of carbonyl (C=O) groups is 1. The molecule has 1 N–H and O–H groups in total. The fraction of sp³-hybridized carbons (Fsp3) is 0.423. The fourth-order valence-corrected chi connectivity index (χ4v) is 3.28. The second-order valence-electron chi connectivity index (χ2n) is 7.67. The summed E-state index contributed by atoms with van der Waals surface area (Å²) in [7, 11) is 0. The van der Waals surface area contributed by atoms with E-state index in [0.29, 0.717) is 6.61 Å². The number of ether oxygens (including phenoxy) is 2. The Morgan fingerprint density at radius 3 is 2.58 bits per heavy atom. The third-order valence-corrected chi connectivity index (χ3v) is 5.33. The molecule has 1 saturated heterocycles. The van der Waals surface area contributed by atoms with E-state index in [9.17, 15) is 4.79 Å². The number of nitrogens with zero attached hydrogens (tertiary/aromatic N) is 1. The monoisotopic (exact) mass is 425 g/mol. The van der Waals surface area contributed by atoms with Gasteiger partial charge in [0.1, 0.15) is 25.2 Å². The van der Waals surface area contributed by atoms with Crippen LogP contribution in [-0.2, 0) is 4.74 Å². The Kier molecular flexibility index (Phi) is 10.1. The number of allylic oxidation sites excluding steroid dienone is 6. The van der Waals surface area contributed by atoms with Gasteiger partial charge in [0.05, 0.1) is 6.04 Å². The molecule has 5 nitrogen and oxygen atoms in total. The third-order valence-electron chi connectivity index (χ3n) is 5.33. The van der Waals surface area contributed by atoms with Crippen molar-refractivity contribution in [3.05, 3.63) is 77.4 Å². The van der Waals surface area contributed by atoms with Crippen LogP contribution in [0.1, 0.15) is 58.6 Å². The van der Waals surface area contributed by atoms with Gasteiger partial charge in [-0.2, -0.15) is 0 Å². The Morgan fingerprint density at radius 1 is 1.29 bits per heavy atom. The SMILES string of the molecule is C/C=C(C)\C=C/CC.CC1C(c2ccc(OCC3=CCCC=C3)cc2)OCN1C(=O)O. The van der Waals surface area contributed by atoms with E-state index in [1.54, 1.807) is 0 Å². The summed E-state index contributed by atoms with van der Waals surface area (Å²) in [6.45, 7) is 8.83. The van der Waals surface area contributed by atoms with E-state index >= 15 is 0 Å². The van der Waals surface area contributed by atoms with Crippen molar-refractivity contribution in [2.45, 2.75) is 59.1 Å². The van der Waals surface area contributed by atoms with Crippen LogP contribution in [0.5, 0.6) is 5.75 Å². The van der Waals surface area contributed by atoms with Gasteiger partial charge >= 0.3 is 6.09 Å². The lowest BCUT2D eigenvalue weighted by Gasteiger charge is -2.19. The topological polar surface area (TPSA) is 59.0 Å². The highest BCUT2D eigenvalue weighted by Crippen LogP contribution is 2.31. The summed E-state index contributed by atoms with van der Waals surface area (Å²) in [6.07, 6.45) is 15.0. The Balaban J connectivity index is 0.000000366. The lowest BCUT2D eigenvalue weighted by atomic mass is 10.0. The van der Waals surface area contributed by atoms with Crippen LogP contribution < -0.4 is 4.74 Å². The Morgan fingerprint density at radius 2 is 2.03 bits per heavy atom. The van der Waals surface area contributed by atoms with Gasteiger partial charge in [-0.1, -0.05) is 61.1 Å².